The molecule has 266 valence electrons. The van der Waals surface area contributed by atoms with Crippen LogP contribution in [0.5, 0.6) is 5.75 Å². The Labute approximate surface area is 296 Å². The molecule has 0 saturated carbocycles. The van der Waals surface area contributed by atoms with Crippen molar-refractivity contribution in [3.8, 4) is 16.9 Å². The van der Waals surface area contributed by atoms with Crippen LogP contribution in [-0.4, -0.2) is 52.2 Å². The van der Waals surface area contributed by atoms with E-state index in [2.05, 4.69) is 18.1 Å². The molecule has 6 aromatic rings. The number of methoxy groups -OCH3 is 1. The molecule has 0 atom stereocenters. The molecular formula is C39H42FN5O5S. The highest BCUT2D eigenvalue weighted by Gasteiger charge is 2.29. The summed E-state index contributed by atoms with van der Waals surface area (Å²) in [6.45, 7) is 6.74. The van der Waals surface area contributed by atoms with Crippen LogP contribution in [0.15, 0.2) is 48.5 Å². The Morgan fingerprint density at radius 3 is 2.55 bits per heavy atom. The molecule has 51 heavy (non-hydrogen) atoms. The highest BCUT2D eigenvalue weighted by Crippen LogP contribution is 2.41. The van der Waals surface area contributed by atoms with Crippen molar-refractivity contribution in [3.63, 3.8) is 0 Å². The topological polar surface area (TPSA) is 110 Å². The Bertz CT molecular complexity index is 2460. The fraction of sp³-hybridized carbons (Fsp3) is 0.359. The smallest absolute Gasteiger partial charge is 0.354 e. The molecule has 1 aliphatic heterocycles. The summed E-state index contributed by atoms with van der Waals surface area (Å²) < 4.78 is 59.4. The van der Waals surface area contributed by atoms with E-state index < -0.39 is 15.8 Å². The van der Waals surface area contributed by atoms with Gasteiger partial charge in [0.25, 0.3) is 0 Å². The van der Waals surface area contributed by atoms with Gasteiger partial charge in [-0.1, -0.05) is 19.1 Å². The monoisotopic (exact) mass is 711 g/mol. The Balaban J connectivity index is 1.42. The highest BCUT2D eigenvalue weighted by molar-refractivity contribution is 7.89. The normalized spacial score (nSPS) is 15.0. The van der Waals surface area contributed by atoms with E-state index in [1.807, 2.05) is 56.8 Å². The van der Waals surface area contributed by atoms with Gasteiger partial charge < -0.3 is 14.0 Å². The molecule has 1 aliphatic rings. The first-order valence-electron chi connectivity index (χ1n) is 17.2. The van der Waals surface area contributed by atoms with Gasteiger partial charge in [0, 0.05) is 53.9 Å². The maximum absolute atomic E-state index is 14.4. The van der Waals surface area contributed by atoms with Crippen LogP contribution in [0.2, 0.25) is 0 Å². The van der Waals surface area contributed by atoms with Gasteiger partial charge >= 0.3 is 5.97 Å². The van der Waals surface area contributed by atoms with E-state index in [1.54, 1.807) is 15.4 Å². The van der Waals surface area contributed by atoms with Gasteiger partial charge in [-0.25, -0.2) is 17.6 Å². The maximum atomic E-state index is 14.4. The maximum Gasteiger partial charge on any atom is 0.354 e. The zero-order valence-corrected chi connectivity index (χ0v) is 30.7. The lowest BCUT2D eigenvalue weighted by atomic mass is 9.91. The molecule has 0 amide bonds. The summed E-state index contributed by atoms with van der Waals surface area (Å²) in [5.74, 6) is -0.641. The number of aromatic nitrogens is 5. The number of esters is 1. The molecule has 8 bridgehead atoms. The van der Waals surface area contributed by atoms with Crippen molar-refractivity contribution >= 4 is 37.5 Å². The van der Waals surface area contributed by atoms with Crippen molar-refractivity contribution in [3.05, 3.63) is 99.5 Å². The first-order chi connectivity index (χ1) is 24.4. The molecule has 4 heterocycles. The second-order valence-corrected chi connectivity index (χ2v) is 15.5. The third-order valence-corrected chi connectivity index (χ3v) is 11.6. The number of ether oxygens (including phenoxy) is 2. The molecule has 0 fully saturated rings. The molecule has 0 saturated heterocycles. The summed E-state index contributed by atoms with van der Waals surface area (Å²) in [5, 5.41) is 11.7. The number of hydrogen-bond donors (Lipinski definition) is 0. The van der Waals surface area contributed by atoms with Crippen molar-refractivity contribution in [2.24, 2.45) is 14.1 Å². The van der Waals surface area contributed by atoms with Crippen molar-refractivity contribution < 1.29 is 27.1 Å². The third kappa shape index (κ3) is 6.30. The molecule has 7 rings (SSSR count). The minimum atomic E-state index is -3.71. The van der Waals surface area contributed by atoms with E-state index >= 15 is 0 Å². The van der Waals surface area contributed by atoms with Crippen LogP contribution in [0.3, 0.4) is 0 Å². The number of hydrogen-bond acceptors (Lipinski definition) is 7. The second kappa shape index (κ2) is 13.3. The van der Waals surface area contributed by atoms with Crippen LogP contribution >= 0.6 is 0 Å². The van der Waals surface area contributed by atoms with Crippen molar-refractivity contribution in [2.45, 2.75) is 64.5 Å². The minimum absolute atomic E-state index is 0.240. The van der Waals surface area contributed by atoms with Crippen molar-refractivity contribution in [1.82, 2.24) is 24.1 Å². The fourth-order valence-corrected chi connectivity index (χ4v) is 8.93. The van der Waals surface area contributed by atoms with Gasteiger partial charge in [-0.15, -0.1) is 0 Å². The van der Waals surface area contributed by atoms with Crippen LogP contribution in [0.1, 0.15) is 63.3 Å². The number of halogens is 1. The van der Waals surface area contributed by atoms with E-state index in [1.165, 1.54) is 19.2 Å². The Morgan fingerprint density at radius 1 is 0.980 bits per heavy atom. The average Bonchev–Trinajstić information content (AvgIpc) is 3.68. The Kier molecular flexibility index (Phi) is 8.99. The summed E-state index contributed by atoms with van der Waals surface area (Å²) in [6.07, 6.45) is 2.47. The molecule has 12 heteroatoms. The van der Waals surface area contributed by atoms with E-state index in [9.17, 15) is 17.6 Å². The van der Waals surface area contributed by atoms with Crippen LogP contribution in [-0.2, 0) is 66.0 Å². The average molecular weight is 712 g/mol. The summed E-state index contributed by atoms with van der Waals surface area (Å²) in [7, 11) is 1.30. The number of carbonyl (C=O) groups is 1. The van der Waals surface area contributed by atoms with Crippen molar-refractivity contribution in [1.29, 1.82) is 0 Å². The lowest BCUT2D eigenvalue weighted by Crippen LogP contribution is -2.13. The minimum Gasteiger partial charge on any atom is -0.493 e. The molecular weight excluding hydrogens is 670 g/mol. The summed E-state index contributed by atoms with van der Waals surface area (Å²) in [5.41, 5.74) is 8.30. The Morgan fingerprint density at radius 2 is 1.78 bits per heavy atom. The van der Waals surface area contributed by atoms with Crippen molar-refractivity contribution in [2.75, 3.05) is 13.7 Å². The van der Waals surface area contributed by atoms with E-state index in [0.717, 1.165) is 60.9 Å². The van der Waals surface area contributed by atoms with Gasteiger partial charge in [0.2, 0.25) is 0 Å². The quantitative estimate of drug-likeness (QED) is 0.184. The zero-order valence-electron chi connectivity index (χ0n) is 29.8. The first kappa shape index (κ1) is 34.5. The molecule has 0 N–H and O–H groups in total. The number of benzene rings is 3. The SMILES string of the molecule is CCc1ccc2c3c(C)c(C(=O)OC)n2CCCOc2cc(cc4cc(F)ccc24)CCc2cc(nn2C)CS(=O)(=O)Cc2nn(C)c(C)c2-c13. The van der Waals surface area contributed by atoms with Crippen LogP contribution < -0.4 is 4.74 Å². The first-order valence-corrected chi connectivity index (χ1v) is 19.0. The summed E-state index contributed by atoms with van der Waals surface area (Å²) in [6, 6.07) is 14.6. The summed E-state index contributed by atoms with van der Waals surface area (Å²) >= 11 is 0. The van der Waals surface area contributed by atoms with Gasteiger partial charge in [-0.05, 0) is 104 Å². The number of aryl methyl sites for hydroxylation is 7. The lowest BCUT2D eigenvalue weighted by Gasteiger charge is -2.15. The van der Waals surface area contributed by atoms with Gasteiger partial charge in [0.1, 0.15) is 17.3 Å². The van der Waals surface area contributed by atoms with Crippen LogP contribution in [0.4, 0.5) is 4.39 Å². The Hall–Kier alpha value is -4.97. The van der Waals surface area contributed by atoms with E-state index in [4.69, 9.17) is 14.6 Å². The third-order valence-electron chi connectivity index (χ3n) is 10.1. The standard InChI is InChI=1S/C39H42FN5O5S/c1-7-26-10-14-33-35-23(2)38(39(46)49-6)45(33)15-8-16-50-34-18-25(17-27-19-28(40)11-13-31(27)34)9-12-30-20-29(41-44(30)5)21-51(47,48)22-32-36(37(26)35)24(3)43(4)42-32/h10-11,13-14,17-20H,7-9,12,15-16,21-22H2,1-6H3. The lowest BCUT2D eigenvalue weighted by molar-refractivity contribution is 0.0587. The van der Waals surface area contributed by atoms with E-state index in [-0.39, 0.29) is 17.3 Å². The van der Waals surface area contributed by atoms with Gasteiger partial charge in [-0.2, -0.15) is 10.2 Å². The molecule has 10 nitrogen and oxygen atoms in total. The van der Waals surface area contributed by atoms with E-state index in [0.29, 0.717) is 61.7 Å². The molecule has 0 aliphatic carbocycles. The zero-order chi connectivity index (χ0) is 36.2. The molecule has 0 unspecified atom stereocenters. The van der Waals surface area contributed by atoms with Crippen LogP contribution in [0, 0.1) is 19.7 Å². The predicted molar refractivity (Wildman–Crippen MR) is 195 cm³/mol. The largest absolute Gasteiger partial charge is 0.493 e. The number of sulfone groups is 1. The van der Waals surface area contributed by atoms with Gasteiger partial charge in [-0.3, -0.25) is 9.36 Å². The highest BCUT2D eigenvalue weighted by atomic mass is 32.2. The molecule has 3 aromatic carbocycles. The van der Waals surface area contributed by atoms with Gasteiger partial charge in [0.05, 0.1) is 36.6 Å². The summed E-state index contributed by atoms with van der Waals surface area (Å²) in [4.78, 5) is 13.4. The number of rotatable bonds is 2. The van der Waals surface area contributed by atoms with Gasteiger partial charge in [0.15, 0.2) is 9.84 Å². The molecule has 3 aromatic heterocycles. The number of fused-ring (bicyclic) bond motifs is 8. The predicted octanol–water partition coefficient (Wildman–Crippen LogP) is 6.72. The fourth-order valence-electron chi connectivity index (χ4n) is 7.62. The molecule has 0 spiro atoms. The number of nitrogens with zero attached hydrogens (tertiary/aromatic N) is 5. The van der Waals surface area contributed by atoms with Crippen LogP contribution in [0.25, 0.3) is 32.8 Å². The second-order valence-electron chi connectivity index (χ2n) is 13.4. The number of carbonyl (C=O) groups excluding carboxylic acids is 1. The molecule has 0 radical (unpaired) electrons.